The molecule has 0 unspecified atom stereocenters. The van der Waals surface area contributed by atoms with Gasteiger partial charge in [0.15, 0.2) is 0 Å². The van der Waals surface area contributed by atoms with Gasteiger partial charge in [0, 0.05) is 10.5 Å². The van der Waals surface area contributed by atoms with Gasteiger partial charge in [-0.3, -0.25) is 0 Å². The Morgan fingerprint density at radius 3 is 2.60 bits per heavy atom. The van der Waals surface area contributed by atoms with Crippen molar-refractivity contribution in [2.75, 3.05) is 0 Å². The third-order valence-corrected chi connectivity index (χ3v) is 3.70. The van der Waals surface area contributed by atoms with Crippen molar-refractivity contribution < 1.29 is 8.42 Å². The van der Waals surface area contributed by atoms with Gasteiger partial charge in [0.1, 0.15) is 0 Å². The lowest BCUT2D eigenvalue weighted by Gasteiger charge is -2.09. The maximum absolute atomic E-state index is 11.6. The highest BCUT2D eigenvalue weighted by atomic mass is 79.9. The van der Waals surface area contributed by atoms with Crippen LogP contribution in [0.25, 0.3) is 0 Å². The van der Waals surface area contributed by atoms with Crippen LogP contribution in [0.5, 0.6) is 0 Å². The predicted molar refractivity (Wildman–Crippen MR) is 65.0 cm³/mol. The summed E-state index contributed by atoms with van der Waals surface area (Å²) in [4.78, 5) is 0. The summed E-state index contributed by atoms with van der Waals surface area (Å²) in [6, 6.07) is 7.22. The highest BCUT2D eigenvalue weighted by molar-refractivity contribution is 9.10. The number of sulfonamides is 1. The van der Waals surface area contributed by atoms with E-state index < -0.39 is 10.0 Å². The Balaban J connectivity index is 2.78. The molecular formula is C10H14BrNO2S. The minimum atomic E-state index is -3.22. The second kappa shape index (κ2) is 5.09. The van der Waals surface area contributed by atoms with E-state index in [1.165, 1.54) is 0 Å². The van der Waals surface area contributed by atoms with Gasteiger partial charge in [0.2, 0.25) is 10.0 Å². The zero-order valence-corrected chi connectivity index (χ0v) is 11.1. The van der Waals surface area contributed by atoms with E-state index >= 15 is 0 Å². The van der Waals surface area contributed by atoms with Crippen molar-refractivity contribution in [1.82, 2.24) is 4.72 Å². The first-order chi connectivity index (χ1) is 6.89. The molecule has 0 aromatic heterocycles. The van der Waals surface area contributed by atoms with Crippen LogP contribution < -0.4 is 4.72 Å². The quantitative estimate of drug-likeness (QED) is 0.925. The van der Waals surface area contributed by atoms with Gasteiger partial charge in [-0.2, -0.15) is 0 Å². The summed E-state index contributed by atoms with van der Waals surface area (Å²) in [5.74, 6) is 0.0185. The number of nitrogens with one attached hydrogen (secondary N) is 1. The van der Waals surface area contributed by atoms with Crippen molar-refractivity contribution in [3.8, 4) is 0 Å². The normalized spacial score (nSPS) is 12.0. The predicted octanol–water partition coefficient (Wildman–Crippen LogP) is 2.28. The molecule has 0 fully saturated rings. The van der Waals surface area contributed by atoms with Crippen LogP contribution in [0, 0.1) is 0 Å². The standard InChI is InChI=1S/C10H14BrNO2S/c1-8(2)12-15(13,14)7-9-4-3-5-10(11)6-9/h3-6,8,12H,7H2,1-2H3. The first-order valence-electron chi connectivity index (χ1n) is 4.63. The Morgan fingerprint density at radius 2 is 2.07 bits per heavy atom. The third kappa shape index (κ3) is 4.77. The van der Waals surface area contributed by atoms with Crippen LogP contribution >= 0.6 is 15.9 Å². The molecule has 0 radical (unpaired) electrons. The third-order valence-electron chi connectivity index (χ3n) is 1.66. The second-order valence-electron chi connectivity index (χ2n) is 3.66. The van der Waals surface area contributed by atoms with Crippen molar-refractivity contribution in [3.05, 3.63) is 34.3 Å². The largest absolute Gasteiger partial charge is 0.216 e. The van der Waals surface area contributed by atoms with Crippen LogP contribution in [0.15, 0.2) is 28.7 Å². The summed E-state index contributed by atoms with van der Waals surface area (Å²) in [6.07, 6.45) is 0. The van der Waals surface area contributed by atoms with E-state index in [0.29, 0.717) is 0 Å². The Kier molecular flexibility index (Phi) is 4.31. The van der Waals surface area contributed by atoms with E-state index in [0.717, 1.165) is 10.0 Å². The van der Waals surface area contributed by atoms with Crippen molar-refractivity contribution >= 4 is 26.0 Å². The SMILES string of the molecule is CC(C)NS(=O)(=O)Cc1cccc(Br)c1. The first-order valence-corrected chi connectivity index (χ1v) is 7.08. The van der Waals surface area contributed by atoms with Gasteiger partial charge in [0.05, 0.1) is 5.75 Å². The molecule has 0 bridgehead atoms. The molecule has 1 N–H and O–H groups in total. The molecule has 0 amide bonds. The molecule has 15 heavy (non-hydrogen) atoms. The Bertz CT molecular complexity index is 429. The van der Waals surface area contributed by atoms with E-state index in [-0.39, 0.29) is 11.8 Å². The molecule has 0 saturated carbocycles. The van der Waals surface area contributed by atoms with Crippen LogP contribution in [-0.2, 0) is 15.8 Å². The van der Waals surface area contributed by atoms with Crippen LogP contribution in [0.4, 0.5) is 0 Å². The van der Waals surface area contributed by atoms with Gasteiger partial charge >= 0.3 is 0 Å². The fourth-order valence-electron chi connectivity index (χ4n) is 1.25. The summed E-state index contributed by atoms with van der Waals surface area (Å²) in [6.45, 7) is 3.61. The van der Waals surface area contributed by atoms with Crippen molar-refractivity contribution in [3.63, 3.8) is 0 Å². The van der Waals surface area contributed by atoms with Gasteiger partial charge < -0.3 is 0 Å². The molecule has 0 spiro atoms. The maximum Gasteiger partial charge on any atom is 0.216 e. The Morgan fingerprint density at radius 1 is 1.40 bits per heavy atom. The zero-order valence-electron chi connectivity index (χ0n) is 8.70. The molecule has 5 heteroatoms. The van der Waals surface area contributed by atoms with Crippen molar-refractivity contribution in [2.24, 2.45) is 0 Å². The fraction of sp³-hybridized carbons (Fsp3) is 0.400. The summed E-state index contributed by atoms with van der Waals surface area (Å²) in [5, 5.41) is 0. The average Bonchev–Trinajstić information content (AvgIpc) is 1.99. The molecule has 1 aromatic rings. The number of rotatable bonds is 4. The Labute approximate surface area is 99.1 Å². The monoisotopic (exact) mass is 291 g/mol. The molecule has 0 atom stereocenters. The lowest BCUT2D eigenvalue weighted by molar-refractivity contribution is 0.569. The van der Waals surface area contributed by atoms with Crippen LogP contribution in [-0.4, -0.2) is 14.5 Å². The zero-order chi connectivity index (χ0) is 11.5. The smallest absolute Gasteiger partial charge is 0.212 e. The van der Waals surface area contributed by atoms with Crippen molar-refractivity contribution in [2.45, 2.75) is 25.6 Å². The van der Waals surface area contributed by atoms with E-state index in [1.807, 2.05) is 12.1 Å². The summed E-state index contributed by atoms with van der Waals surface area (Å²) >= 11 is 3.31. The molecule has 3 nitrogen and oxygen atoms in total. The van der Waals surface area contributed by atoms with E-state index in [4.69, 9.17) is 0 Å². The lowest BCUT2D eigenvalue weighted by atomic mass is 10.2. The minimum Gasteiger partial charge on any atom is -0.212 e. The molecule has 84 valence electrons. The number of hydrogen-bond acceptors (Lipinski definition) is 2. The van der Waals surface area contributed by atoms with Crippen LogP contribution in [0.2, 0.25) is 0 Å². The topological polar surface area (TPSA) is 46.2 Å². The number of halogens is 1. The summed E-state index contributed by atoms with van der Waals surface area (Å²) in [7, 11) is -3.22. The Hall–Kier alpha value is -0.390. The van der Waals surface area contributed by atoms with Gasteiger partial charge in [-0.1, -0.05) is 28.1 Å². The number of hydrogen-bond donors (Lipinski definition) is 1. The minimum absolute atomic E-state index is 0.0185. The maximum atomic E-state index is 11.6. The molecule has 0 saturated heterocycles. The molecule has 0 aliphatic rings. The van der Waals surface area contributed by atoms with Crippen LogP contribution in [0.3, 0.4) is 0 Å². The highest BCUT2D eigenvalue weighted by Crippen LogP contribution is 2.13. The molecular weight excluding hydrogens is 278 g/mol. The molecule has 0 aliphatic carbocycles. The second-order valence-corrected chi connectivity index (χ2v) is 6.33. The van der Waals surface area contributed by atoms with Gasteiger partial charge in [-0.05, 0) is 31.5 Å². The van der Waals surface area contributed by atoms with Crippen molar-refractivity contribution in [1.29, 1.82) is 0 Å². The summed E-state index contributed by atoms with van der Waals surface area (Å²) in [5.41, 5.74) is 0.775. The number of benzene rings is 1. The molecule has 0 aliphatic heterocycles. The van der Waals surface area contributed by atoms with E-state index in [2.05, 4.69) is 20.7 Å². The molecule has 1 rings (SSSR count). The first kappa shape index (κ1) is 12.7. The summed E-state index contributed by atoms with van der Waals surface area (Å²) < 4.78 is 26.6. The highest BCUT2D eigenvalue weighted by Gasteiger charge is 2.12. The average molecular weight is 292 g/mol. The lowest BCUT2D eigenvalue weighted by Crippen LogP contribution is -2.31. The van der Waals surface area contributed by atoms with Gasteiger partial charge in [0.25, 0.3) is 0 Å². The van der Waals surface area contributed by atoms with E-state index in [1.54, 1.807) is 26.0 Å². The van der Waals surface area contributed by atoms with Crippen LogP contribution in [0.1, 0.15) is 19.4 Å². The van der Waals surface area contributed by atoms with E-state index in [9.17, 15) is 8.42 Å². The van der Waals surface area contributed by atoms with Gasteiger partial charge in [-0.15, -0.1) is 0 Å². The molecule has 0 heterocycles. The van der Waals surface area contributed by atoms with Gasteiger partial charge in [-0.25, -0.2) is 13.1 Å². The fourth-order valence-corrected chi connectivity index (χ4v) is 3.11. The molecule has 1 aromatic carbocycles.